The Morgan fingerprint density at radius 1 is 1.06 bits per heavy atom. The van der Waals surface area contributed by atoms with Gasteiger partial charge in [-0.1, -0.05) is 20.8 Å². The molecule has 0 fully saturated rings. The van der Waals surface area contributed by atoms with Gasteiger partial charge in [-0.25, -0.2) is 8.78 Å². The number of benzene rings is 1. The number of fused-ring (bicyclic) bond motifs is 1. The molecule has 0 aliphatic heterocycles. The third-order valence-corrected chi connectivity index (χ3v) is 2.26. The summed E-state index contributed by atoms with van der Waals surface area (Å²) in [4.78, 5) is 3.97. The lowest BCUT2D eigenvalue weighted by molar-refractivity contribution is 0.511. The first-order valence-electron chi connectivity index (χ1n) is 5.44. The number of aryl methyl sites for hydroxylation is 1. The Morgan fingerprint density at radius 3 is 2.31 bits per heavy atom. The van der Waals surface area contributed by atoms with Crippen molar-refractivity contribution < 1.29 is 8.78 Å². The van der Waals surface area contributed by atoms with E-state index in [1.165, 1.54) is 18.3 Å². The molecule has 86 valence electrons. The van der Waals surface area contributed by atoms with Crippen LogP contribution in [-0.4, -0.2) is 4.98 Å². The number of pyridine rings is 1. The number of hydrogen-bond acceptors (Lipinski definition) is 1. The molecule has 0 N–H and O–H groups in total. The van der Waals surface area contributed by atoms with Crippen LogP contribution < -0.4 is 0 Å². The summed E-state index contributed by atoms with van der Waals surface area (Å²) in [6.07, 6.45) is 3.98. The van der Waals surface area contributed by atoms with Crippen LogP contribution in [-0.2, 0) is 6.42 Å². The summed E-state index contributed by atoms with van der Waals surface area (Å²) in [6.45, 7) is 5.96. The summed E-state index contributed by atoms with van der Waals surface area (Å²) < 4.78 is 25.9. The molecule has 1 heterocycles. The highest BCUT2D eigenvalue weighted by atomic mass is 19.2. The van der Waals surface area contributed by atoms with Crippen LogP contribution in [0.3, 0.4) is 0 Å². The molecule has 1 nitrogen and oxygen atoms in total. The zero-order chi connectivity index (χ0) is 12.1. The Hall–Kier alpha value is -1.51. The van der Waals surface area contributed by atoms with Crippen LogP contribution in [0.2, 0.25) is 0 Å². The first-order chi connectivity index (χ1) is 7.72. The van der Waals surface area contributed by atoms with Gasteiger partial charge in [0.15, 0.2) is 11.6 Å². The minimum Gasteiger partial charge on any atom is -0.264 e. The molecule has 2 rings (SSSR count). The van der Waals surface area contributed by atoms with Gasteiger partial charge in [0.25, 0.3) is 0 Å². The van der Waals surface area contributed by atoms with Crippen LogP contribution in [0, 0.1) is 11.6 Å². The van der Waals surface area contributed by atoms with Crippen LogP contribution >= 0.6 is 0 Å². The van der Waals surface area contributed by atoms with Crippen molar-refractivity contribution in [3.63, 3.8) is 0 Å². The van der Waals surface area contributed by atoms with Crippen LogP contribution in [0.1, 0.15) is 26.3 Å². The molecule has 0 aliphatic carbocycles. The van der Waals surface area contributed by atoms with Crippen molar-refractivity contribution in [2.45, 2.75) is 27.2 Å². The average Bonchev–Trinajstić information content (AvgIpc) is 2.32. The molecule has 0 saturated heterocycles. The average molecular weight is 223 g/mol. The predicted octanol–water partition coefficient (Wildman–Crippen LogP) is 4.10. The number of halogens is 2. The summed E-state index contributed by atoms with van der Waals surface area (Å²) in [6, 6.07) is 2.40. The topological polar surface area (TPSA) is 12.9 Å². The second-order valence-electron chi connectivity index (χ2n) is 3.14. The molecule has 2 aromatic rings. The zero-order valence-electron chi connectivity index (χ0n) is 9.72. The number of hydrogen-bond donors (Lipinski definition) is 0. The Labute approximate surface area is 94.1 Å². The third-order valence-electron chi connectivity index (χ3n) is 2.26. The molecule has 0 bridgehead atoms. The highest BCUT2D eigenvalue weighted by Crippen LogP contribution is 2.21. The minimum atomic E-state index is -0.826. The zero-order valence-corrected chi connectivity index (χ0v) is 9.72. The molecule has 1 aromatic carbocycles. The quantitative estimate of drug-likeness (QED) is 0.709. The maximum Gasteiger partial charge on any atom is 0.159 e. The van der Waals surface area contributed by atoms with Crippen molar-refractivity contribution >= 4 is 10.8 Å². The van der Waals surface area contributed by atoms with Crippen molar-refractivity contribution in [1.29, 1.82) is 0 Å². The molecule has 0 radical (unpaired) electrons. The van der Waals surface area contributed by atoms with Gasteiger partial charge in [-0.15, -0.1) is 0 Å². The van der Waals surface area contributed by atoms with Crippen molar-refractivity contribution in [2.75, 3.05) is 0 Å². The van der Waals surface area contributed by atoms with E-state index in [2.05, 4.69) is 4.98 Å². The largest absolute Gasteiger partial charge is 0.264 e. The summed E-state index contributed by atoms with van der Waals surface area (Å²) in [7, 11) is 0. The van der Waals surface area contributed by atoms with Crippen molar-refractivity contribution in [3.05, 3.63) is 41.7 Å². The van der Waals surface area contributed by atoms with E-state index in [-0.39, 0.29) is 0 Å². The lowest BCUT2D eigenvalue weighted by atomic mass is 10.1. The van der Waals surface area contributed by atoms with Gasteiger partial charge in [0, 0.05) is 17.8 Å². The van der Waals surface area contributed by atoms with Crippen molar-refractivity contribution in [1.82, 2.24) is 4.98 Å². The Balaban J connectivity index is 0.000000606. The number of rotatable bonds is 1. The molecule has 1 aromatic heterocycles. The van der Waals surface area contributed by atoms with Gasteiger partial charge in [0.05, 0.1) is 0 Å². The molecule has 0 spiro atoms. The molecule has 0 amide bonds. The van der Waals surface area contributed by atoms with Crippen LogP contribution in [0.15, 0.2) is 24.5 Å². The van der Waals surface area contributed by atoms with E-state index in [0.717, 1.165) is 17.4 Å². The number of aromatic nitrogens is 1. The van der Waals surface area contributed by atoms with Crippen molar-refractivity contribution in [2.24, 2.45) is 0 Å². The van der Waals surface area contributed by atoms with E-state index < -0.39 is 11.6 Å². The van der Waals surface area contributed by atoms with Gasteiger partial charge in [0.2, 0.25) is 0 Å². The maximum atomic E-state index is 13.0. The van der Waals surface area contributed by atoms with Gasteiger partial charge in [0.1, 0.15) is 0 Å². The van der Waals surface area contributed by atoms with Crippen LogP contribution in [0.4, 0.5) is 8.78 Å². The van der Waals surface area contributed by atoms with E-state index >= 15 is 0 Å². The fraction of sp³-hybridized carbons (Fsp3) is 0.308. The summed E-state index contributed by atoms with van der Waals surface area (Å²) in [5.41, 5.74) is 0.932. The van der Waals surface area contributed by atoms with Gasteiger partial charge < -0.3 is 0 Å². The van der Waals surface area contributed by atoms with Crippen molar-refractivity contribution in [3.8, 4) is 0 Å². The smallest absolute Gasteiger partial charge is 0.159 e. The molecular formula is C13H15F2N. The summed E-state index contributed by atoms with van der Waals surface area (Å²) in [5.74, 6) is -1.63. The monoisotopic (exact) mass is 223 g/mol. The fourth-order valence-corrected chi connectivity index (χ4v) is 1.51. The third kappa shape index (κ3) is 2.35. The molecule has 16 heavy (non-hydrogen) atoms. The minimum absolute atomic E-state index is 0.642. The standard InChI is InChI=1S/C11H9F2N.C2H6/c1-2-7-5-14-6-8-3-10(12)11(13)4-9(7)8;1-2/h3-6H,2H2,1H3;1-2H3. The normalized spacial score (nSPS) is 9.81. The summed E-state index contributed by atoms with van der Waals surface area (Å²) >= 11 is 0. The SMILES string of the molecule is CC.CCc1cncc2cc(F)c(F)cc12. The van der Waals surface area contributed by atoms with Gasteiger partial charge >= 0.3 is 0 Å². The number of nitrogens with zero attached hydrogens (tertiary/aromatic N) is 1. The first kappa shape index (κ1) is 12.6. The maximum absolute atomic E-state index is 13.0. The fourth-order valence-electron chi connectivity index (χ4n) is 1.51. The Morgan fingerprint density at radius 2 is 1.69 bits per heavy atom. The molecule has 0 saturated carbocycles. The van der Waals surface area contributed by atoms with Crippen LogP contribution in [0.5, 0.6) is 0 Å². The molecule has 3 heteroatoms. The second kappa shape index (κ2) is 5.54. The lowest BCUT2D eigenvalue weighted by Gasteiger charge is -2.03. The second-order valence-corrected chi connectivity index (χ2v) is 3.14. The van der Waals surface area contributed by atoms with Gasteiger partial charge in [-0.2, -0.15) is 0 Å². The predicted molar refractivity (Wildman–Crippen MR) is 62.4 cm³/mol. The van der Waals surface area contributed by atoms with Gasteiger partial charge in [-0.05, 0) is 29.5 Å². The molecule has 0 atom stereocenters. The van der Waals surface area contributed by atoms with E-state index in [9.17, 15) is 8.78 Å². The summed E-state index contributed by atoms with van der Waals surface area (Å²) in [5, 5.41) is 1.38. The molecule has 0 aliphatic rings. The van der Waals surface area contributed by atoms with E-state index in [1.807, 2.05) is 20.8 Å². The Bertz CT molecular complexity index is 481. The van der Waals surface area contributed by atoms with Crippen LogP contribution in [0.25, 0.3) is 10.8 Å². The lowest BCUT2D eigenvalue weighted by Crippen LogP contribution is -1.90. The highest BCUT2D eigenvalue weighted by molar-refractivity contribution is 5.84. The molecular weight excluding hydrogens is 208 g/mol. The Kier molecular flexibility index (Phi) is 4.35. The van der Waals surface area contributed by atoms with E-state index in [1.54, 1.807) is 6.20 Å². The van der Waals surface area contributed by atoms with Gasteiger partial charge in [-0.3, -0.25) is 4.98 Å². The highest BCUT2D eigenvalue weighted by Gasteiger charge is 2.06. The molecule has 0 unspecified atom stereocenters. The first-order valence-corrected chi connectivity index (χ1v) is 5.44. The van der Waals surface area contributed by atoms with E-state index in [4.69, 9.17) is 0 Å². The van der Waals surface area contributed by atoms with E-state index in [0.29, 0.717) is 5.39 Å².